The Bertz CT molecular complexity index is 1210. The minimum absolute atomic E-state index is 0.0426. The smallest absolute Gasteiger partial charge is 0.417 e. The zero-order valence-electron chi connectivity index (χ0n) is 20.7. The number of rotatable bonds is 12. The number of imide groups is 1. The van der Waals surface area contributed by atoms with Crippen molar-refractivity contribution in [1.29, 1.82) is 0 Å². The van der Waals surface area contributed by atoms with Crippen LogP contribution in [0.3, 0.4) is 0 Å². The van der Waals surface area contributed by atoms with Crippen molar-refractivity contribution in [1.82, 2.24) is 9.80 Å². The summed E-state index contributed by atoms with van der Waals surface area (Å²) < 4.78 is 55.8. The number of esters is 1. The zero-order valence-corrected chi connectivity index (χ0v) is 20.7. The summed E-state index contributed by atoms with van der Waals surface area (Å²) in [5.74, 6) is -0.382. The van der Waals surface area contributed by atoms with Gasteiger partial charge >= 0.3 is 23.8 Å². The molecule has 3 amide bonds. The monoisotopic (exact) mass is 526 g/mol. The first kappa shape index (κ1) is 28.0. The Kier molecular flexibility index (Phi) is 9.17. The van der Waals surface area contributed by atoms with E-state index in [-0.39, 0.29) is 55.5 Å². The standard InChI is InChI=1S/C25H29F3N2O7/c1-3-7-17-19(10-9-16-18(25(26,27)28)14-22(33)37-23(16)17)36-13-5-4-12-30-20(31)15-29(24(30)34)11-6-8-21(32)35-2/h9-10,14H,3-8,11-13,15H2,1-2H3. The quantitative estimate of drug-likeness (QED) is 0.177. The van der Waals surface area contributed by atoms with Crippen molar-refractivity contribution in [3.8, 4) is 5.75 Å². The molecule has 202 valence electrons. The molecule has 0 saturated carbocycles. The van der Waals surface area contributed by atoms with Crippen molar-refractivity contribution in [2.24, 2.45) is 0 Å². The summed E-state index contributed by atoms with van der Waals surface area (Å²) in [6.45, 7) is 2.45. The molecule has 1 aliphatic rings. The van der Waals surface area contributed by atoms with E-state index in [1.54, 1.807) is 0 Å². The van der Waals surface area contributed by atoms with Crippen LogP contribution in [0.25, 0.3) is 11.0 Å². The number of nitrogens with zero attached hydrogens (tertiary/aromatic N) is 2. The highest BCUT2D eigenvalue weighted by molar-refractivity contribution is 6.02. The largest absolute Gasteiger partial charge is 0.493 e. The molecule has 0 bridgehead atoms. The molecule has 1 aromatic heterocycles. The lowest BCUT2D eigenvalue weighted by Gasteiger charge is -2.17. The Balaban J connectivity index is 1.59. The summed E-state index contributed by atoms with van der Waals surface area (Å²) in [4.78, 5) is 50.3. The second-order valence-electron chi connectivity index (χ2n) is 8.63. The number of aryl methyl sites for hydroxylation is 1. The molecule has 0 spiro atoms. The Labute approximate surface area is 211 Å². The van der Waals surface area contributed by atoms with Gasteiger partial charge in [0.2, 0.25) is 5.91 Å². The average molecular weight is 527 g/mol. The van der Waals surface area contributed by atoms with Gasteiger partial charge in [0.1, 0.15) is 17.9 Å². The van der Waals surface area contributed by atoms with Crippen molar-refractivity contribution in [2.45, 2.75) is 51.6 Å². The van der Waals surface area contributed by atoms with E-state index in [2.05, 4.69) is 4.74 Å². The SMILES string of the molecule is CCCc1c(OCCCCN2C(=O)CN(CCCC(=O)OC)C2=O)ccc2c(C(F)(F)F)cc(=O)oc12. The first-order valence-corrected chi connectivity index (χ1v) is 12.0. The van der Waals surface area contributed by atoms with Gasteiger partial charge in [-0.1, -0.05) is 13.3 Å². The minimum Gasteiger partial charge on any atom is -0.493 e. The van der Waals surface area contributed by atoms with Crippen LogP contribution < -0.4 is 10.4 Å². The van der Waals surface area contributed by atoms with Crippen LogP contribution in [-0.2, 0) is 26.9 Å². The Morgan fingerprint density at radius 1 is 1.11 bits per heavy atom. The number of methoxy groups -OCH3 is 1. The maximum absolute atomic E-state index is 13.4. The van der Waals surface area contributed by atoms with Crippen molar-refractivity contribution in [2.75, 3.05) is 33.4 Å². The number of halogens is 3. The number of fused-ring (bicyclic) bond motifs is 1. The third kappa shape index (κ3) is 6.80. The van der Waals surface area contributed by atoms with Crippen LogP contribution in [-0.4, -0.2) is 61.1 Å². The van der Waals surface area contributed by atoms with E-state index >= 15 is 0 Å². The predicted molar refractivity (Wildman–Crippen MR) is 126 cm³/mol. The number of urea groups is 1. The molecule has 1 fully saturated rings. The van der Waals surface area contributed by atoms with E-state index in [1.807, 2.05) is 6.92 Å². The summed E-state index contributed by atoms with van der Waals surface area (Å²) in [7, 11) is 1.28. The molecule has 12 heteroatoms. The Morgan fingerprint density at radius 3 is 2.54 bits per heavy atom. The van der Waals surface area contributed by atoms with Gasteiger partial charge in [-0.2, -0.15) is 13.2 Å². The number of benzene rings is 1. The molecule has 0 N–H and O–H groups in total. The topological polar surface area (TPSA) is 106 Å². The van der Waals surface area contributed by atoms with Crippen LogP contribution >= 0.6 is 0 Å². The number of ether oxygens (including phenoxy) is 2. The summed E-state index contributed by atoms with van der Waals surface area (Å²) in [5.41, 5.74) is -1.90. The minimum atomic E-state index is -4.71. The molecular formula is C25H29F3N2O7. The van der Waals surface area contributed by atoms with Gasteiger partial charge in [0, 0.05) is 36.5 Å². The van der Waals surface area contributed by atoms with Crippen LogP contribution in [0.1, 0.15) is 50.2 Å². The highest BCUT2D eigenvalue weighted by Crippen LogP contribution is 2.37. The lowest BCUT2D eigenvalue weighted by atomic mass is 10.0. The third-order valence-electron chi connectivity index (χ3n) is 5.98. The van der Waals surface area contributed by atoms with E-state index in [0.717, 1.165) is 4.90 Å². The molecular weight excluding hydrogens is 497 g/mol. The fourth-order valence-electron chi connectivity index (χ4n) is 4.18. The molecule has 0 atom stereocenters. The van der Waals surface area contributed by atoms with Crippen LogP contribution in [0.5, 0.6) is 5.75 Å². The number of unbranched alkanes of at least 4 members (excludes halogenated alkanes) is 1. The second-order valence-corrected chi connectivity index (χ2v) is 8.63. The van der Waals surface area contributed by atoms with Gasteiger partial charge in [-0.15, -0.1) is 0 Å². The summed E-state index contributed by atoms with van der Waals surface area (Å²) in [6.07, 6.45) is -2.30. The lowest BCUT2D eigenvalue weighted by molar-refractivity contribution is -0.140. The number of carbonyl (C=O) groups is 3. The summed E-state index contributed by atoms with van der Waals surface area (Å²) in [6, 6.07) is 2.69. The first-order chi connectivity index (χ1) is 17.6. The normalized spacial score (nSPS) is 14.1. The number of hydrogen-bond acceptors (Lipinski definition) is 7. The number of amides is 3. The van der Waals surface area contributed by atoms with Crippen LogP contribution in [0.4, 0.5) is 18.0 Å². The lowest BCUT2D eigenvalue weighted by Crippen LogP contribution is -2.34. The van der Waals surface area contributed by atoms with E-state index in [0.29, 0.717) is 49.5 Å². The van der Waals surface area contributed by atoms with Crippen molar-refractivity contribution in [3.05, 3.63) is 39.7 Å². The maximum atomic E-state index is 13.4. The third-order valence-corrected chi connectivity index (χ3v) is 5.98. The Hall–Kier alpha value is -3.57. The fourth-order valence-corrected chi connectivity index (χ4v) is 4.18. The van der Waals surface area contributed by atoms with Crippen LogP contribution in [0.2, 0.25) is 0 Å². The van der Waals surface area contributed by atoms with Crippen LogP contribution in [0, 0.1) is 0 Å². The number of alkyl halides is 3. The summed E-state index contributed by atoms with van der Waals surface area (Å²) in [5, 5.41) is -0.204. The van der Waals surface area contributed by atoms with Crippen LogP contribution in [0.15, 0.2) is 27.4 Å². The highest BCUT2D eigenvalue weighted by Gasteiger charge is 2.36. The highest BCUT2D eigenvalue weighted by atomic mass is 19.4. The molecule has 0 radical (unpaired) electrons. The van der Waals surface area contributed by atoms with Gasteiger partial charge < -0.3 is 18.8 Å². The molecule has 1 aliphatic heterocycles. The van der Waals surface area contributed by atoms with E-state index in [9.17, 15) is 32.3 Å². The van der Waals surface area contributed by atoms with Gasteiger partial charge in [-0.3, -0.25) is 14.5 Å². The maximum Gasteiger partial charge on any atom is 0.417 e. The Morgan fingerprint density at radius 2 is 1.86 bits per heavy atom. The van der Waals surface area contributed by atoms with Gasteiger partial charge in [-0.05, 0) is 37.8 Å². The molecule has 3 rings (SSSR count). The van der Waals surface area contributed by atoms with Gasteiger partial charge in [0.05, 0.1) is 19.3 Å². The number of carbonyl (C=O) groups excluding carboxylic acids is 3. The first-order valence-electron chi connectivity index (χ1n) is 12.0. The second kappa shape index (κ2) is 12.1. The molecule has 2 heterocycles. The van der Waals surface area contributed by atoms with Crippen molar-refractivity contribution in [3.63, 3.8) is 0 Å². The van der Waals surface area contributed by atoms with E-state index < -0.39 is 23.4 Å². The predicted octanol–water partition coefficient (Wildman–Crippen LogP) is 4.14. The fraction of sp³-hybridized carbons (Fsp3) is 0.520. The molecule has 0 aliphatic carbocycles. The molecule has 0 unspecified atom stereocenters. The number of hydrogen-bond donors (Lipinski definition) is 0. The van der Waals surface area contributed by atoms with E-state index in [4.69, 9.17) is 9.15 Å². The molecule has 9 nitrogen and oxygen atoms in total. The summed E-state index contributed by atoms with van der Waals surface area (Å²) >= 11 is 0. The van der Waals surface area contributed by atoms with Gasteiger partial charge in [0.25, 0.3) is 0 Å². The van der Waals surface area contributed by atoms with Crippen molar-refractivity contribution < 1.29 is 41.4 Å². The molecule has 1 saturated heterocycles. The molecule has 1 aromatic carbocycles. The average Bonchev–Trinajstić information content (AvgIpc) is 3.11. The molecule has 2 aromatic rings. The van der Waals surface area contributed by atoms with Gasteiger partial charge in [-0.25, -0.2) is 9.59 Å². The van der Waals surface area contributed by atoms with E-state index in [1.165, 1.54) is 24.1 Å². The van der Waals surface area contributed by atoms with Crippen molar-refractivity contribution >= 4 is 28.9 Å². The molecule has 37 heavy (non-hydrogen) atoms. The van der Waals surface area contributed by atoms with Gasteiger partial charge in [0.15, 0.2) is 0 Å². The zero-order chi connectivity index (χ0) is 27.2.